The normalized spacial score (nSPS) is 25.7. The molecular formula is C24H32FN3O4S. The van der Waals surface area contributed by atoms with E-state index in [1.165, 1.54) is 0 Å². The standard InChI is InChI=1S/C24H32FN3O4S/c1-24(2,3)23-27-20(18-9-6-16(25)14-19(18)22(26)29)21(32-23)15-4-7-17(8-5-15)28-10-12-33(30,31)13-11-28/h4-5,7-8,16,18-19H,6,9-14H2,1-3H3,(H2,26,29)/t16-,18+,19+/m0/s1. The van der Waals surface area contributed by atoms with Gasteiger partial charge < -0.3 is 15.1 Å². The maximum atomic E-state index is 14.1. The van der Waals surface area contributed by atoms with Crippen molar-refractivity contribution >= 4 is 21.4 Å². The second-order valence-corrected chi connectivity index (χ2v) is 12.5. The summed E-state index contributed by atoms with van der Waals surface area (Å²) in [6, 6.07) is 7.74. The predicted molar refractivity (Wildman–Crippen MR) is 126 cm³/mol. The lowest BCUT2D eigenvalue weighted by molar-refractivity contribution is -0.124. The second kappa shape index (κ2) is 8.74. The Kier molecular flexibility index (Phi) is 6.28. The summed E-state index contributed by atoms with van der Waals surface area (Å²) < 4.78 is 43.8. The zero-order valence-electron chi connectivity index (χ0n) is 19.4. The van der Waals surface area contributed by atoms with Gasteiger partial charge in [-0.2, -0.15) is 0 Å². The molecule has 1 aliphatic carbocycles. The van der Waals surface area contributed by atoms with Gasteiger partial charge in [-0.3, -0.25) is 4.79 Å². The van der Waals surface area contributed by atoms with Crippen molar-refractivity contribution in [3.05, 3.63) is 35.9 Å². The molecule has 1 saturated heterocycles. The van der Waals surface area contributed by atoms with Crippen LogP contribution in [0.25, 0.3) is 11.3 Å². The number of hydrogen-bond acceptors (Lipinski definition) is 6. The van der Waals surface area contributed by atoms with Gasteiger partial charge >= 0.3 is 0 Å². The number of halogens is 1. The Morgan fingerprint density at radius 2 is 1.79 bits per heavy atom. The van der Waals surface area contributed by atoms with E-state index in [0.717, 1.165) is 11.3 Å². The smallest absolute Gasteiger partial charge is 0.221 e. The van der Waals surface area contributed by atoms with Crippen LogP contribution in [0, 0.1) is 5.92 Å². The van der Waals surface area contributed by atoms with Gasteiger partial charge in [0.05, 0.1) is 17.2 Å². The van der Waals surface area contributed by atoms with Crippen molar-refractivity contribution in [3.63, 3.8) is 0 Å². The number of carbonyl (C=O) groups excluding carboxylic acids is 1. The first-order valence-corrected chi connectivity index (χ1v) is 13.3. The fourth-order valence-electron chi connectivity index (χ4n) is 4.67. The van der Waals surface area contributed by atoms with Crippen molar-refractivity contribution in [1.29, 1.82) is 0 Å². The number of carbonyl (C=O) groups is 1. The number of nitrogens with zero attached hydrogens (tertiary/aromatic N) is 2. The molecule has 0 bridgehead atoms. The Morgan fingerprint density at radius 3 is 2.36 bits per heavy atom. The minimum atomic E-state index is -2.95. The van der Waals surface area contributed by atoms with Crippen LogP contribution in [0.2, 0.25) is 0 Å². The van der Waals surface area contributed by atoms with E-state index in [1.807, 2.05) is 45.0 Å². The van der Waals surface area contributed by atoms with Crippen molar-refractivity contribution in [3.8, 4) is 11.3 Å². The SMILES string of the molecule is CC(C)(C)c1nc([C@@H]2CC[C@H](F)C[C@H]2C(N)=O)c(-c2ccc(N3CCS(=O)(=O)CC3)cc2)o1. The van der Waals surface area contributed by atoms with Crippen LogP contribution in [-0.2, 0) is 20.0 Å². The predicted octanol–water partition coefficient (Wildman–Crippen LogP) is 3.58. The number of hydrogen-bond donors (Lipinski definition) is 1. The highest BCUT2D eigenvalue weighted by Crippen LogP contribution is 2.44. The first-order chi connectivity index (χ1) is 15.4. The van der Waals surface area contributed by atoms with Crippen LogP contribution in [0.4, 0.5) is 10.1 Å². The van der Waals surface area contributed by atoms with Gasteiger partial charge in [0.25, 0.3) is 0 Å². The molecule has 2 heterocycles. The Balaban J connectivity index is 1.68. The molecule has 2 aliphatic rings. The number of rotatable bonds is 4. The van der Waals surface area contributed by atoms with Crippen LogP contribution in [0.15, 0.2) is 28.7 Å². The van der Waals surface area contributed by atoms with Crippen LogP contribution in [0.5, 0.6) is 0 Å². The van der Waals surface area contributed by atoms with Crippen LogP contribution in [-0.4, -0.2) is 50.1 Å². The van der Waals surface area contributed by atoms with E-state index in [-0.39, 0.29) is 29.3 Å². The molecule has 33 heavy (non-hydrogen) atoms. The summed E-state index contributed by atoms with van der Waals surface area (Å²) in [6.07, 6.45) is -0.0852. The number of oxazole rings is 1. The molecular weight excluding hydrogens is 445 g/mol. The third kappa shape index (κ3) is 5.08. The topological polar surface area (TPSA) is 106 Å². The van der Waals surface area contributed by atoms with Gasteiger partial charge in [-0.25, -0.2) is 17.8 Å². The van der Waals surface area contributed by atoms with Crippen molar-refractivity contribution in [2.24, 2.45) is 11.7 Å². The van der Waals surface area contributed by atoms with E-state index in [0.29, 0.717) is 43.3 Å². The van der Waals surface area contributed by atoms with E-state index in [1.54, 1.807) is 0 Å². The highest BCUT2D eigenvalue weighted by molar-refractivity contribution is 7.91. The monoisotopic (exact) mass is 477 g/mol. The number of primary amides is 1. The summed E-state index contributed by atoms with van der Waals surface area (Å²) >= 11 is 0. The molecule has 1 aromatic heterocycles. The highest BCUT2D eigenvalue weighted by atomic mass is 32.2. The molecule has 1 aliphatic heterocycles. The summed E-state index contributed by atoms with van der Waals surface area (Å²) in [5, 5.41) is 0. The molecule has 0 radical (unpaired) electrons. The van der Waals surface area contributed by atoms with Gasteiger partial charge in [0.2, 0.25) is 11.8 Å². The number of alkyl halides is 1. The maximum absolute atomic E-state index is 14.1. The number of amides is 1. The average molecular weight is 478 g/mol. The molecule has 7 nitrogen and oxygen atoms in total. The summed E-state index contributed by atoms with van der Waals surface area (Å²) in [4.78, 5) is 19.0. The van der Waals surface area contributed by atoms with Gasteiger partial charge in [-0.15, -0.1) is 0 Å². The molecule has 2 aromatic rings. The highest BCUT2D eigenvalue weighted by Gasteiger charge is 2.39. The largest absolute Gasteiger partial charge is 0.440 e. The Labute approximate surface area is 194 Å². The lowest BCUT2D eigenvalue weighted by atomic mass is 9.75. The Bertz CT molecular complexity index is 1110. The second-order valence-electron chi connectivity index (χ2n) is 10.2. The van der Waals surface area contributed by atoms with E-state index in [9.17, 15) is 17.6 Å². The first kappa shape index (κ1) is 23.7. The molecule has 1 aromatic carbocycles. The van der Waals surface area contributed by atoms with E-state index < -0.39 is 27.8 Å². The molecule has 180 valence electrons. The fourth-order valence-corrected chi connectivity index (χ4v) is 5.87. The maximum Gasteiger partial charge on any atom is 0.221 e. The van der Waals surface area contributed by atoms with Gasteiger partial charge in [0.1, 0.15) is 6.17 Å². The quantitative estimate of drug-likeness (QED) is 0.721. The van der Waals surface area contributed by atoms with Crippen LogP contribution in [0.3, 0.4) is 0 Å². The van der Waals surface area contributed by atoms with Gasteiger partial charge in [-0.1, -0.05) is 20.8 Å². The lowest BCUT2D eigenvalue weighted by Gasteiger charge is -2.30. The number of anilines is 1. The van der Waals surface area contributed by atoms with Crippen molar-refractivity contribution in [2.45, 2.75) is 57.5 Å². The van der Waals surface area contributed by atoms with E-state index in [4.69, 9.17) is 15.1 Å². The third-order valence-corrected chi connectivity index (χ3v) is 8.25. The first-order valence-electron chi connectivity index (χ1n) is 11.4. The number of benzene rings is 1. The summed E-state index contributed by atoms with van der Waals surface area (Å²) in [5.74, 6) is 0.0219. The molecule has 0 unspecified atom stereocenters. The zero-order valence-corrected chi connectivity index (χ0v) is 20.2. The number of nitrogens with two attached hydrogens (primary N) is 1. The summed E-state index contributed by atoms with van der Waals surface area (Å²) in [6.45, 7) is 6.95. The fraction of sp³-hybridized carbons (Fsp3) is 0.583. The molecule has 1 amide bonds. The van der Waals surface area contributed by atoms with Crippen LogP contribution in [0.1, 0.15) is 57.5 Å². The molecule has 0 spiro atoms. The molecule has 2 N–H and O–H groups in total. The molecule has 1 saturated carbocycles. The van der Waals surface area contributed by atoms with Crippen molar-refractivity contribution in [1.82, 2.24) is 4.98 Å². The van der Waals surface area contributed by atoms with Crippen molar-refractivity contribution < 1.29 is 22.0 Å². The number of aromatic nitrogens is 1. The van der Waals surface area contributed by atoms with Gasteiger partial charge in [0, 0.05) is 41.6 Å². The molecule has 2 fully saturated rings. The lowest BCUT2D eigenvalue weighted by Crippen LogP contribution is -2.40. The summed E-state index contributed by atoms with van der Waals surface area (Å²) in [7, 11) is -2.95. The minimum Gasteiger partial charge on any atom is -0.440 e. The zero-order chi connectivity index (χ0) is 24.0. The Morgan fingerprint density at radius 1 is 1.15 bits per heavy atom. The number of sulfone groups is 1. The third-order valence-electron chi connectivity index (χ3n) is 6.64. The van der Waals surface area contributed by atoms with Gasteiger partial charge in [0.15, 0.2) is 15.6 Å². The van der Waals surface area contributed by atoms with Gasteiger partial charge in [-0.05, 0) is 43.5 Å². The summed E-state index contributed by atoms with van der Waals surface area (Å²) in [5.41, 5.74) is 7.72. The van der Waals surface area contributed by atoms with E-state index >= 15 is 0 Å². The molecule has 9 heteroatoms. The van der Waals surface area contributed by atoms with Crippen LogP contribution < -0.4 is 10.6 Å². The minimum absolute atomic E-state index is 0.105. The average Bonchev–Trinajstić information content (AvgIpc) is 3.20. The van der Waals surface area contributed by atoms with E-state index in [2.05, 4.69) is 4.90 Å². The van der Waals surface area contributed by atoms with Crippen LogP contribution >= 0.6 is 0 Å². The van der Waals surface area contributed by atoms with Crippen molar-refractivity contribution in [2.75, 3.05) is 29.5 Å². The Hall–Kier alpha value is -2.42. The molecule has 4 rings (SSSR count). The molecule has 3 atom stereocenters.